The molecule has 0 unspecified atom stereocenters. The third-order valence-electron chi connectivity index (χ3n) is 2.87. The number of hydrogen-bond donors (Lipinski definition) is 1. The number of hydrazine groups is 1. The molecule has 2 N–H and O–H groups in total. The minimum absolute atomic E-state index is 0.572. The zero-order valence-electron chi connectivity index (χ0n) is 8.72. The van der Waals surface area contributed by atoms with Crippen LogP contribution in [-0.2, 0) is 19.0 Å². The van der Waals surface area contributed by atoms with Gasteiger partial charge in [-0.15, -0.1) is 0 Å². The molecule has 0 bridgehead atoms. The van der Waals surface area contributed by atoms with Gasteiger partial charge in [-0.25, -0.2) is 5.01 Å². The number of nitrogens with two attached hydrogens (primary N) is 1. The molecule has 0 aromatic heterocycles. The molecule has 0 amide bonds. The van der Waals surface area contributed by atoms with Gasteiger partial charge in [-0.3, -0.25) is 5.84 Å². The van der Waals surface area contributed by atoms with E-state index in [0.29, 0.717) is 25.9 Å². The second-order valence-electron chi connectivity index (χ2n) is 4.02. The van der Waals surface area contributed by atoms with Gasteiger partial charge in [-0.1, -0.05) is 6.07 Å². The summed E-state index contributed by atoms with van der Waals surface area (Å²) in [6.45, 7) is 1.30. The van der Waals surface area contributed by atoms with Crippen LogP contribution in [0.5, 0.6) is 0 Å². The van der Waals surface area contributed by atoms with E-state index in [1.807, 2.05) is 0 Å². The van der Waals surface area contributed by atoms with E-state index in [1.54, 1.807) is 11.1 Å². The number of halogens is 3. The molecule has 5 heteroatoms. The van der Waals surface area contributed by atoms with E-state index >= 15 is 0 Å². The van der Waals surface area contributed by atoms with Crippen LogP contribution in [0.3, 0.4) is 0 Å². The molecule has 0 fully saturated rings. The molecule has 0 saturated carbocycles. The van der Waals surface area contributed by atoms with E-state index in [2.05, 4.69) is 0 Å². The van der Waals surface area contributed by atoms with E-state index in [0.717, 1.165) is 17.2 Å². The molecule has 0 saturated heterocycles. The minimum atomic E-state index is -4.26. The van der Waals surface area contributed by atoms with Gasteiger partial charge in [0.1, 0.15) is 0 Å². The lowest BCUT2D eigenvalue weighted by molar-refractivity contribution is -0.137. The Kier molecular flexibility index (Phi) is 2.90. The van der Waals surface area contributed by atoms with Crippen LogP contribution < -0.4 is 5.84 Å². The van der Waals surface area contributed by atoms with Crippen LogP contribution >= 0.6 is 0 Å². The Bertz CT molecular complexity index is 387. The highest BCUT2D eigenvalue weighted by molar-refractivity contribution is 5.34. The summed E-state index contributed by atoms with van der Waals surface area (Å²) in [6.07, 6.45) is -2.97. The Labute approximate surface area is 91.8 Å². The number of rotatable bonds is 0. The van der Waals surface area contributed by atoms with Gasteiger partial charge in [0, 0.05) is 13.1 Å². The van der Waals surface area contributed by atoms with Gasteiger partial charge in [0.25, 0.3) is 0 Å². The molecule has 1 aliphatic heterocycles. The highest BCUT2D eigenvalue weighted by Crippen LogP contribution is 2.31. The molecule has 88 valence electrons. The van der Waals surface area contributed by atoms with Gasteiger partial charge in [0.05, 0.1) is 5.56 Å². The fraction of sp³-hybridized carbons (Fsp3) is 0.455. The maximum Gasteiger partial charge on any atom is 0.416 e. The van der Waals surface area contributed by atoms with Gasteiger partial charge in [0.15, 0.2) is 0 Å². The summed E-state index contributed by atoms with van der Waals surface area (Å²) < 4.78 is 37.5. The van der Waals surface area contributed by atoms with Crippen molar-refractivity contribution in [2.75, 3.05) is 13.1 Å². The average molecular weight is 230 g/mol. The standard InChI is InChI=1S/C11H13F3N2/c12-11(13,14)10-2-1-8-3-5-16(15)6-4-9(8)7-10/h1-2,7H,3-6,15H2. The first kappa shape index (κ1) is 11.4. The zero-order valence-corrected chi connectivity index (χ0v) is 8.72. The highest BCUT2D eigenvalue weighted by Gasteiger charge is 2.31. The van der Waals surface area contributed by atoms with Crippen molar-refractivity contribution >= 4 is 0 Å². The van der Waals surface area contributed by atoms with Crippen LogP contribution in [-0.4, -0.2) is 18.1 Å². The maximum absolute atomic E-state index is 12.5. The van der Waals surface area contributed by atoms with Crippen LogP contribution in [0, 0.1) is 0 Å². The van der Waals surface area contributed by atoms with Gasteiger partial charge >= 0.3 is 6.18 Å². The van der Waals surface area contributed by atoms with Crippen molar-refractivity contribution in [2.24, 2.45) is 5.84 Å². The predicted octanol–water partition coefficient (Wildman–Crippen LogP) is 1.98. The summed E-state index contributed by atoms with van der Waals surface area (Å²) in [5, 5.41) is 1.65. The summed E-state index contributed by atoms with van der Waals surface area (Å²) in [7, 11) is 0. The van der Waals surface area contributed by atoms with Crippen molar-refractivity contribution in [3.8, 4) is 0 Å². The van der Waals surface area contributed by atoms with E-state index in [9.17, 15) is 13.2 Å². The fourth-order valence-electron chi connectivity index (χ4n) is 1.92. The molecular formula is C11H13F3N2. The summed E-state index contributed by atoms with van der Waals surface area (Å²) in [6, 6.07) is 3.96. The van der Waals surface area contributed by atoms with E-state index in [-0.39, 0.29) is 0 Å². The molecule has 1 aromatic rings. The van der Waals surface area contributed by atoms with Gasteiger partial charge in [0.2, 0.25) is 0 Å². The number of benzene rings is 1. The molecule has 2 rings (SSSR count). The van der Waals surface area contributed by atoms with Crippen LogP contribution in [0.2, 0.25) is 0 Å². The lowest BCUT2D eigenvalue weighted by Crippen LogP contribution is -2.33. The van der Waals surface area contributed by atoms with E-state index in [4.69, 9.17) is 5.84 Å². The number of nitrogens with zero attached hydrogens (tertiary/aromatic N) is 1. The molecule has 0 atom stereocenters. The fourth-order valence-corrected chi connectivity index (χ4v) is 1.92. The van der Waals surface area contributed by atoms with Gasteiger partial charge in [-0.05, 0) is 36.1 Å². The van der Waals surface area contributed by atoms with Gasteiger partial charge < -0.3 is 0 Å². The zero-order chi connectivity index (χ0) is 11.8. The van der Waals surface area contributed by atoms with Crippen molar-refractivity contribution in [1.82, 2.24) is 5.01 Å². The number of alkyl halides is 3. The summed E-state index contributed by atoms with van der Waals surface area (Å²) in [4.78, 5) is 0. The van der Waals surface area contributed by atoms with E-state index < -0.39 is 11.7 Å². The van der Waals surface area contributed by atoms with E-state index in [1.165, 1.54) is 6.07 Å². The number of fused-ring (bicyclic) bond motifs is 1. The normalized spacial score (nSPS) is 18.0. The Morgan fingerprint density at radius 3 is 2.31 bits per heavy atom. The quantitative estimate of drug-likeness (QED) is 0.690. The third kappa shape index (κ3) is 2.36. The molecule has 0 spiro atoms. The highest BCUT2D eigenvalue weighted by atomic mass is 19.4. The topological polar surface area (TPSA) is 29.3 Å². The van der Waals surface area contributed by atoms with Crippen LogP contribution in [0.25, 0.3) is 0 Å². The number of hydrogen-bond acceptors (Lipinski definition) is 2. The predicted molar refractivity (Wildman–Crippen MR) is 54.6 cm³/mol. The molecule has 2 nitrogen and oxygen atoms in total. The summed E-state index contributed by atoms with van der Waals surface area (Å²) in [5.41, 5.74) is 1.17. The second-order valence-corrected chi connectivity index (χ2v) is 4.02. The molecule has 0 radical (unpaired) electrons. The first-order chi connectivity index (χ1) is 7.47. The first-order valence-corrected chi connectivity index (χ1v) is 5.15. The van der Waals surface area contributed by atoms with Crippen LogP contribution in [0.1, 0.15) is 16.7 Å². The van der Waals surface area contributed by atoms with Crippen LogP contribution in [0.4, 0.5) is 13.2 Å². The van der Waals surface area contributed by atoms with Crippen molar-refractivity contribution in [3.63, 3.8) is 0 Å². The van der Waals surface area contributed by atoms with Crippen molar-refractivity contribution in [1.29, 1.82) is 0 Å². The molecule has 1 aliphatic rings. The lowest BCUT2D eigenvalue weighted by atomic mass is 10.00. The third-order valence-corrected chi connectivity index (χ3v) is 2.87. The summed E-state index contributed by atoms with van der Waals surface area (Å²) in [5.74, 6) is 5.65. The molecule has 16 heavy (non-hydrogen) atoms. The molecule has 1 heterocycles. The summed E-state index contributed by atoms with van der Waals surface area (Å²) >= 11 is 0. The SMILES string of the molecule is NN1CCc2ccc(C(F)(F)F)cc2CC1. The lowest BCUT2D eigenvalue weighted by Gasteiger charge is -2.11. The first-order valence-electron chi connectivity index (χ1n) is 5.15. The second kappa shape index (κ2) is 4.07. The Balaban J connectivity index is 2.32. The van der Waals surface area contributed by atoms with Crippen molar-refractivity contribution in [3.05, 3.63) is 34.9 Å². The van der Waals surface area contributed by atoms with Crippen molar-refractivity contribution in [2.45, 2.75) is 19.0 Å². The smallest absolute Gasteiger partial charge is 0.269 e. The molecular weight excluding hydrogens is 217 g/mol. The Hall–Kier alpha value is -1.07. The maximum atomic E-state index is 12.5. The molecule has 1 aromatic carbocycles. The Morgan fingerprint density at radius 1 is 1.06 bits per heavy atom. The largest absolute Gasteiger partial charge is 0.416 e. The monoisotopic (exact) mass is 230 g/mol. The molecule has 0 aliphatic carbocycles. The van der Waals surface area contributed by atoms with Gasteiger partial charge in [-0.2, -0.15) is 13.2 Å². The Morgan fingerprint density at radius 2 is 1.69 bits per heavy atom. The van der Waals surface area contributed by atoms with Crippen LogP contribution in [0.15, 0.2) is 18.2 Å². The van der Waals surface area contributed by atoms with Crippen molar-refractivity contribution < 1.29 is 13.2 Å². The average Bonchev–Trinajstić information content (AvgIpc) is 2.39. The minimum Gasteiger partial charge on any atom is -0.269 e.